The molecule has 0 amide bonds. The normalized spacial score (nSPS) is 11.2. The predicted octanol–water partition coefficient (Wildman–Crippen LogP) is 1.95. The van der Waals surface area contributed by atoms with Crippen LogP contribution >= 0.6 is 11.6 Å². The summed E-state index contributed by atoms with van der Waals surface area (Å²) in [6.45, 7) is 0. The van der Waals surface area contributed by atoms with Gasteiger partial charge in [-0.1, -0.05) is 41.9 Å². The van der Waals surface area contributed by atoms with Crippen LogP contribution in [0.4, 0.5) is 5.69 Å². The van der Waals surface area contributed by atoms with Crippen molar-refractivity contribution in [2.45, 2.75) is 0 Å². The molecule has 6 N–H and O–H groups in total. The number of guanidine groups is 1. The fourth-order valence-electron chi connectivity index (χ4n) is 1.70. The molecule has 0 atom stereocenters. The van der Waals surface area contributed by atoms with E-state index >= 15 is 0 Å². The Morgan fingerprint density at radius 3 is 2.45 bits per heavy atom. The highest BCUT2D eigenvalue weighted by molar-refractivity contribution is 6.31. The molecule has 0 aliphatic carbocycles. The van der Waals surface area contributed by atoms with Crippen molar-refractivity contribution in [3.8, 4) is 0 Å². The molecule has 5 nitrogen and oxygen atoms in total. The number of nitrogens with zero attached hydrogens (tertiary/aromatic N) is 2. The van der Waals surface area contributed by atoms with Gasteiger partial charge in [-0.05, 0) is 18.2 Å². The number of nitrogen functional groups attached to an aromatic ring is 1. The summed E-state index contributed by atoms with van der Waals surface area (Å²) >= 11 is 6.02. The molecule has 102 valence electrons. The molecule has 0 spiro atoms. The van der Waals surface area contributed by atoms with Crippen molar-refractivity contribution in [1.29, 1.82) is 0 Å². The van der Waals surface area contributed by atoms with Gasteiger partial charge in [-0.2, -0.15) is 0 Å². The summed E-state index contributed by atoms with van der Waals surface area (Å²) in [5.41, 5.74) is 19.3. The molecule has 20 heavy (non-hydrogen) atoms. The third-order valence-electron chi connectivity index (χ3n) is 2.58. The van der Waals surface area contributed by atoms with Crippen molar-refractivity contribution in [2.75, 3.05) is 5.73 Å². The van der Waals surface area contributed by atoms with Crippen LogP contribution in [0.1, 0.15) is 11.1 Å². The number of hydrogen-bond acceptors (Lipinski definition) is 3. The second-order valence-corrected chi connectivity index (χ2v) is 4.51. The first-order valence-electron chi connectivity index (χ1n) is 5.85. The summed E-state index contributed by atoms with van der Waals surface area (Å²) in [6, 6.07) is 14.6. The summed E-state index contributed by atoms with van der Waals surface area (Å²) < 4.78 is 0. The zero-order chi connectivity index (χ0) is 14.5. The molecule has 0 fully saturated rings. The summed E-state index contributed by atoms with van der Waals surface area (Å²) in [4.78, 5) is 0. The van der Waals surface area contributed by atoms with Crippen molar-refractivity contribution in [2.24, 2.45) is 21.7 Å². The Bertz CT molecular complexity index is 661. The Hall–Kier alpha value is -2.53. The summed E-state index contributed by atoms with van der Waals surface area (Å²) in [6.07, 6.45) is 0. The zero-order valence-corrected chi connectivity index (χ0v) is 11.4. The molecule has 6 heteroatoms. The standard InChI is InChI=1S/C14H14ClN5/c15-10-6-7-12(16)11(8-10)13(19-20-14(17)18)9-4-2-1-3-5-9/h1-8H,16H2,(H4,17,18,20)/b19-13+/i6+2,7+2,8+2,10+2,11+2,12+2. The number of halogens is 1. The zero-order valence-electron chi connectivity index (χ0n) is 10.6. The molecule has 0 heterocycles. The Kier molecular flexibility index (Phi) is 4.22. The predicted molar refractivity (Wildman–Crippen MR) is 83.8 cm³/mol. The molecular weight excluding hydrogens is 286 g/mol. The average molecular weight is 300 g/mol. The smallest absolute Gasteiger partial charge is 0.211 e. The van der Waals surface area contributed by atoms with Gasteiger partial charge in [0.25, 0.3) is 0 Å². The highest BCUT2D eigenvalue weighted by Gasteiger charge is 2.11. The highest BCUT2D eigenvalue weighted by Crippen LogP contribution is 2.22. The van der Waals surface area contributed by atoms with Crippen molar-refractivity contribution < 1.29 is 0 Å². The first kappa shape index (κ1) is 13.9. The minimum absolute atomic E-state index is 0.126. The van der Waals surface area contributed by atoms with Crippen molar-refractivity contribution in [1.82, 2.24) is 0 Å². The van der Waals surface area contributed by atoms with Gasteiger partial charge in [-0.3, -0.25) is 0 Å². The third-order valence-corrected chi connectivity index (χ3v) is 2.82. The molecule has 2 aromatic rings. The van der Waals surface area contributed by atoms with E-state index in [0.717, 1.165) is 5.56 Å². The number of hydrogen-bond donors (Lipinski definition) is 3. The lowest BCUT2D eigenvalue weighted by molar-refractivity contribution is 1.20. The number of benzene rings is 2. The van der Waals surface area contributed by atoms with Gasteiger partial charge in [-0.25, -0.2) is 0 Å². The van der Waals surface area contributed by atoms with E-state index in [2.05, 4.69) is 10.2 Å². The molecule has 0 unspecified atom stereocenters. The van der Waals surface area contributed by atoms with Gasteiger partial charge >= 0.3 is 0 Å². The Morgan fingerprint density at radius 1 is 1.10 bits per heavy atom. The molecule has 2 rings (SSSR count). The third kappa shape index (κ3) is 3.27. The maximum Gasteiger partial charge on any atom is 0.211 e. The quantitative estimate of drug-likeness (QED) is 0.349. The molecular formula is C14H14ClN5. The van der Waals surface area contributed by atoms with E-state index in [4.69, 9.17) is 28.8 Å². The van der Waals surface area contributed by atoms with Crippen molar-refractivity contribution in [3.63, 3.8) is 0 Å². The Balaban J connectivity index is 2.61. The van der Waals surface area contributed by atoms with Gasteiger partial charge in [-0.15, -0.1) is 10.2 Å². The van der Waals surface area contributed by atoms with E-state index < -0.39 is 0 Å². The van der Waals surface area contributed by atoms with Gasteiger partial charge < -0.3 is 17.2 Å². The second-order valence-electron chi connectivity index (χ2n) is 4.07. The van der Waals surface area contributed by atoms with Crippen molar-refractivity contribution in [3.05, 3.63) is 64.7 Å². The largest absolute Gasteiger partial charge is 0.398 e. The van der Waals surface area contributed by atoms with Crippen LogP contribution in [0.3, 0.4) is 0 Å². The van der Waals surface area contributed by atoms with E-state index in [-0.39, 0.29) is 5.96 Å². The maximum atomic E-state index is 6.02. The van der Waals surface area contributed by atoms with Gasteiger partial charge in [0.1, 0.15) is 5.71 Å². The fraction of sp³-hybridized carbons (Fsp3) is 0. The molecule has 0 aromatic heterocycles. The van der Waals surface area contributed by atoms with E-state index in [1.807, 2.05) is 30.3 Å². The van der Waals surface area contributed by atoms with Crippen LogP contribution < -0.4 is 17.2 Å². The van der Waals surface area contributed by atoms with Crippen LogP contribution in [0.15, 0.2) is 58.7 Å². The molecule has 0 saturated carbocycles. The SMILES string of the molecule is NC(N)=N/N=C(\c1ccccc1)[14c]1[14cH][14c](Cl)[14cH][14cH][14c]1N. The second kappa shape index (κ2) is 6.08. The molecule has 0 radical (unpaired) electrons. The van der Waals surface area contributed by atoms with E-state index in [1.54, 1.807) is 18.2 Å². The molecule has 0 aliphatic heterocycles. The van der Waals surface area contributed by atoms with Crippen LogP contribution in [0.5, 0.6) is 0 Å². The van der Waals surface area contributed by atoms with Gasteiger partial charge in [0, 0.05) is 21.8 Å². The minimum Gasteiger partial charge on any atom is -0.398 e. The Morgan fingerprint density at radius 2 is 1.80 bits per heavy atom. The van der Waals surface area contributed by atoms with Crippen LogP contribution in [0, 0.1) is 0 Å². The van der Waals surface area contributed by atoms with Crippen LogP contribution in [0.2, 0.25) is 5.02 Å². The molecule has 0 bridgehead atoms. The van der Waals surface area contributed by atoms with E-state index in [1.165, 1.54) is 0 Å². The number of rotatable bonds is 3. The first-order chi connectivity index (χ1) is 9.58. The van der Waals surface area contributed by atoms with Gasteiger partial charge in [0.05, 0.1) is 0 Å². The van der Waals surface area contributed by atoms with Crippen molar-refractivity contribution >= 4 is 29.0 Å². The van der Waals surface area contributed by atoms with Crippen LogP contribution in [-0.4, -0.2) is 11.7 Å². The van der Waals surface area contributed by atoms with E-state index in [9.17, 15) is 0 Å². The average Bonchev–Trinajstić information content (AvgIpc) is 2.43. The number of anilines is 1. The molecule has 0 saturated heterocycles. The maximum absolute atomic E-state index is 6.02. The van der Waals surface area contributed by atoms with Crippen LogP contribution in [0.25, 0.3) is 0 Å². The summed E-state index contributed by atoms with van der Waals surface area (Å²) in [5.74, 6) is -0.126. The van der Waals surface area contributed by atoms with E-state index in [0.29, 0.717) is 22.0 Å². The first-order valence-corrected chi connectivity index (χ1v) is 6.23. The molecule has 0 aliphatic rings. The lowest BCUT2D eigenvalue weighted by Gasteiger charge is -2.09. The van der Waals surface area contributed by atoms with Gasteiger partial charge in [0.15, 0.2) is 0 Å². The topological polar surface area (TPSA) is 103 Å². The van der Waals surface area contributed by atoms with Crippen LogP contribution in [-0.2, 0) is 0 Å². The number of nitrogens with two attached hydrogens (primary N) is 3. The lowest BCUT2D eigenvalue weighted by Crippen LogP contribution is -2.22. The summed E-state index contributed by atoms with van der Waals surface area (Å²) in [5, 5.41) is 8.35. The highest BCUT2D eigenvalue weighted by atomic mass is 35.5. The molecule has 2 aromatic carbocycles. The lowest BCUT2D eigenvalue weighted by atomic mass is 10.2. The minimum atomic E-state index is -0.126. The fourth-order valence-corrected chi connectivity index (χ4v) is 1.88. The van der Waals surface area contributed by atoms with Gasteiger partial charge in [0.2, 0.25) is 5.96 Å². The summed E-state index contributed by atoms with van der Waals surface area (Å²) in [7, 11) is 0. The monoisotopic (exact) mass is 299 g/mol. The Labute approximate surface area is 121 Å².